The second kappa shape index (κ2) is 3.02. The minimum atomic E-state index is 0.0953. The maximum Gasteiger partial charge on any atom is 0.191 e. The molecule has 1 aromatic carbocycles. The van der Waals surface area contributed by atoms with Gasteiger partial charge in [-0.15, -0.1) is 0 Å². The van der Waals surface area contributed by atoms with Crippen LogP contribution in [0.4, 0.5) is 0 Å². The average molecular weight is 203 g/mol. The number of hydrogen-bond donors (Lipinski definition) is 1. The molecule has 1 aromatic heterocycles. The molecule has 0 bridgehead atoms. The third-order valence-corrected chi connectivity index (χ3v) is 2.84. The number of nitrogens with zero attached hydrogens (tertiary/aromatic N) is 1. The first-order valence-corrected chi connectivity index (χ1v) is 5.19. The monoisotopic (exact) mass is 203 g/mol. The van der Waals surface area contributed by atoms with Gasteiger partial charge in [0.25, 0.3) is 0 Å². The first-order chi connectivity index (χ1) is 6.91. The summed E-state index contributed by atoms with van der Waals surface area (Å²) in [7, 11) is 1.90. The molecule has 2 heteroatoms. The Hall–Kier alpha value is -1.44. The van der Waals surface area contributed by atoms with Crippen molar-refractivity contribution in [1.29, 1.82) is 0 Å². The summed E-state index contributed by atoms with van der Waals surface area (Å²) in [6, 6.07) is 8.01. The zero-order chi connectivity index (χ0) is 11.2. The molecule has 0 unspecified atom stereocenters. The molecule has 0 spiro atoms. The Kier molecular flexibility index (Phi) is 2.03. The molecule has 0 saturated carbocycles. The lowest BCUT2D eigenvalue weighted by Crippen LogP contribution is -2.12. The molecular weight excluding hydrogens is 186 g/mol. The van der Waals surface area contributed by atoms with Crippen molar-refractivity contribution in [3.8, 4) is 5.88 Å². The fraction of sp³-hybridized carbons (Fsp3) is 0.385. The van der Waals surface area contributed by atoms with Crippen LogP contribution in [0.5, 0.6) is 5.88 Å². The van der Waals surface area contributed by atoms with Crippen molar-refractivity contribution in [2.75, 3.05) is 0 Å². The first-order valence-electron chi connectivity index (χ1n) is 5.19. The van der Waals surface area contributed by atoms with Gasteiger partial charge in [0.1, 0.15) is 0 Å². The zero-order valence-corrected chi connectivity index (χ0v) is 9.70. The molecule has 2 rings (SSSR count). The van der Waals surface area contributed by atoms with Crippen molar-refractivity contribution >= 4 is 10.9 Å². The number of rotatable bonds is 0. The summed E-state index contributed by atoms with van der Waals surface area (Å²) in [5.74, 6) is 0.321. The molecular formula is C13H17NO. The SMILES string of the molecule is Cn1c(O)cc2cccc(C(C)(C)C)c21. The van der Waals surface area contributed by atoms with Gasteiger partial charge < -0.3 is 9.67 Å². The van der Waals surface area contributed by atoms with Crippen LogP contribution in [0, 0.1) is 0 Å². The quantitative estimate of drug-likeness (QED) is 0.699. The highest BCUT2D eigenvalue weighted by atomic mass is 16.3. The smallest absolute Gasteiger partial charge is 0.191 e. The molecule has 2 aromatic rings. The fourth-order valence-electron chi connectivity index (χ4n) is 2.01. The van der Waals surface area contributed by atoms with Crippen molar-refractivity contribution in [2.24, 2.45) is 7.05 Å². The second-order valence-corrected chi connectivity index (χ2v) is 5.05. The van der Waals surface area contributed by atoms with Crippen molar-refractivity contribution in [2.45, 2.75) is 26.2 Å². The van der Waals surface area contributed by atoms with E-state index in [1.165, 1.54) is 5.56 Å². The Labute approximate surface area is 90.2 Å². The zero-order valence-electron chi connectivity index (χ0n) is 9.70. The van der Waals surface area contributed by atoms with E-state index in [1.807, 2.05) is 29.8 Å². The van der Waals surface area contributed by atoms with Crippen molar-refractivity contribution < 1.29 is 5.11 Å². The van der Waals surface area contributed by atoms with Crippen LogP contribution >= 0.6 is 0 Å². The van der Waals surface area contributed by atoms with E-state index in [1.54, 1.807) is 0 Å². The van der Waals surface area contributed by atoms with E-state index >= 15 is 0 Å². The highest BCUT2D eigenvalue weighted by molar-refractivity contribution is 5.86. The van der Waals surface area contributed by atoms with Gasteiger partial charge in [-0.1, -0.05) is 39.0 Å². The summed E-state index contributed by atoms with van der Waals surface area (Å²) in [5, 5.41) is 10.8. The second-order valence-electron chi connectivity index (χ2n) is 5.05. The minimum absolute atomic E-state index is 0.0953. The van der Waals surface area contributed by atoms with Gasteiger partial charge in [0.15, 0.2) is 5.88 Å². The van der Waals surface area contributed by atoms with E-state index < -0.39 is 0 Å². The summed E-state index contributed by atoms with van der Waals surface area (Å²) in [6.07, 6.45) is 0. The molecule has 0 amide bonds. The van der Waals surface area contributed by atoms with Gasteiger partial charge in [0.05, 0.1) is 5.52 Å². The maximum atomic E-state index is 9.70. The highest BCUT2D eigenvalue weighted by Gasteiger charge is 2.19. The number of fused-ring (bicyclic) bond motifs is 1. The fourth-order valence-corrected chi connectivity index (χ4v) is 2.01. The number of aromatic nitrogens is 1. The van der Waals surface area contributed by atoms with E-state index in [2.05, 4.69) is 26.8 Å². The number of benzene rings is 1. The maximum absolute atomic E-state index is 9.70. The average Bonchev–Trinajstić information content (AvgIpc) is 2.41. The van der Waals surface area contributed by atoms with Gasteiger partial charge in [-0.3, -0.25) is 0 Å². The normalized spacial score (nSPS) is 12.3. The van der Waals surface area contributed by atoms with Crippen molar-refractivity contribution in [3.63, 3.8) is 0 Å². The predicted molar refractivity (Wildman–Crippen MR) is 63.3 cm³/mol. The van der Waals surface area contributed by atoms with Gasteiger partial charge in [-0.25, -0.2) is 0 Å². The standard InChI is InChI=1S/C13H17NO/c1-13(2,3)10-7-5-6-9-8-11(15)14(4)12(9)10/h5-8,15H,1-4H3. The Morgan fingerprint density at radius 1 is 1.20 bits per heavy atom. The molecule has 0 saturated heterocycles. The molecule has 2 nitrogen and oxygen atoms in total. The summed E-state index contributed by atoms with van der Waals surface area (Å²) in [5.41, 5.74) is 2.49. The Morgan fingerprint density at radius 2 is 1.87 bits per heavy atom. The molecule has 0 aliphatic rings. The van der Waals surface area contributed by atoms with Crippen LogP contribution in [0.3, 0.4) is 0 Å². The van der Waals surface area contributed by atoms with Crippen LogP contribution in [0.15, 0.2) is 24.3 Å². The number of aromatic hydroxyl groups is 1. The molecule has 1 N–H and O–H groups in total. The molecule has 0 radical (unpaired) electrons. The van der Waals surface area contributed by atoms with Crippen LogP contribution in [0.2, 0.25) is 0 Å². The van der Waals surface area contributed by atoms with Crippen LogP contribution < -0.4 is 0 Å². The van der Waals surface area contributed by atoms with Gasteiger partial charge in [0.2, 0.25) is 0 Å². The van der Waals surface area contributed by atoms with E-state index in [0.717, 1.165) is 10.9 Å². The highest BCUT2D eigenvalue weighted by Crippen LogP contribution is 2.33. The molecule has 0 fully saturated rings. The van der Waals surface area contributed by atoms with Gasteiger partial charge >= 0.3 is 0 Å². The largest absolute Gasteiger partial charge is 0.494 e. The molecule has 1 heterocycles. The minimum Gasteiger partial charge on any atom is -0.494 e. The van der Waals surface area contributed by atoms with Crippen molar-refractivity contribution in [3.05, 3.63) is 29.8 Å². The third-order valence-electron chi connectivity index (χ3n) is 2.84. The molecule has 0 atom stereocenters. The van der Waals surface area contributed by atoms with Crippen molar-refractivity contribution in [1.82, 2.24) is 4.57 Å². The van der Waals surface area contributed by atoms with Crippen LogP contribution in [-0.4, -0.2) is 9.67 Å². The Morgan fingerprint density at radius 3 is 2.47 bits per heavy atom. The lowest BCUT2D eigenvalue weighted by molar-refractivity contribution is 0.434. The van der Waals surface area contributed by atoms with E-state index in [9.17, 15) is 5.11 Å². The Bertz CT molecular complexity index is 503. The number of aryl methyl sites for hydroxylation is 1. The lowest BCUT2D eigenvalue weighted by atomic mass is 9.86. The molecule has 0 aliphatic carbocycles. The lowest BCUT2D eigenvalue weighted by Gasteiger charge is -2.20. The molecule has 80 valence electrons. The van der Waals surface area contributed by atoms with Crippen LogP contribution in [0.25, 0.3) is 10.9 Å². The van der Waals surface area contributed by atoms with Gasteiger partial charge in [-0.2, -0.15) is 0 Å². The predicted octanol–water partition coefficient (Wildman–Crippen LogP) is 3.18. The van der Waals surface area contributed by atoms with E-state index in [-0.39, 0.29) is 5.41 Å². The third kappa shape index (κ3) is 1.50. The number of para-hydroxylation sites is 1. The Balaban J connectivity index is 2.86. The topological polar surface area (TPSA) is 25.2 Å². The van der Waals surface area contributed by atoms with Crippen LogP contribution in [0.1, 0.15) is 26.3 Å². The molecule has 0 aliphatic heterocycles. The first kappa shape index (κ1) is 10.1. The summed E-state index contributed by atoms with van der Waals surface area (Å²) >= 11 is 0. The summed E-state index contributed by atoms with van der Waals surface area (Å²) < 4.78 is 1.84. The van der Waals surface area contributed by atoms with Gasteiger partial charge in [-0.05, 0) is 11.0 Å². The number of hydrogen-bond acceptors (Lipinski definition) is 1. The van der Waals surface area contributed by atoms with Gasteiger partial charge in [0, 0.05) is 18.5 Å². The summed E-state index contributed by atoms with van der Waals surface area (Å²) in [4.78, 5) is 0. The summed E-state index contributed by atoms with van der Waals surface area (Å²) in [6.45, 7) is 6.56. The molecule has 15 heavy (non-hydrogen) atoms. The van der Waals surface area contributed by atoms with E-state index in [0.29, 0.717) is 5.88 Å². The van der Waals surface area contributed by atoms with E-state index in [4.69, 9.17) is 0 Å². The van der Waals surface area contributed by atoms with Crippen LogP contribution in [-0.2, 0) is 12.5 Å².